The summed E-state index contributed by atoms with van der Waals surface area (Å²) in [6.07, 6.45) is 3.97. The zero-order chi connectivity index (χ0) is 17.2. The Labute approximate surface area is 145 Å². The molecule has 0 saturated carbocycles. The number of piperazine rings is 1. The minimum absolute atomic E-state index is 0.0221. The molecule has 0 aliphatic carbocycles. The number of para-hydroxylation sites is 1. The first kappa shape index (κ1) is 15.5. The number of nitrogens with one attached hydrogen (secondary N) is 2. The standard InChI is InChI=1S/C19H20N4O2/c24-18(12-14-4-3-7-20-14)22-8-10-23(11-9-22)19(25)16-13-21-17-6-2-1-5-15(16)17/h1-7,13,20-21H,8-12H2. The maximum Gasteiger partial charge on any atom is 0.256 e. The lowest BCUT2D eigenvalue weighted by Gasteiger charge is -2.34. The van der Waals surface area contributed by atoms with Gasteiger partial charge in [0.05, 0.1) is 12.0 Å². The van der Waals surface area contributed by atoms with Gasteiger partial charge in [0.25, 0.3) is 5.91 Å². The van der Waals surface area contributed by atoms with Gasteiger partial charge in [-0.25, -0.2) is 0 Å². The first-order valence-corrected chi connectivity index (χ1v) is 8.48. The number of nitrogens with zero attached hydrogens (tertiary/aromatic N) is 2. The molecule has 1 saturated heterocycles. The molecule has 3 aromatic rings. The van der Waals surface area contributed by atoms with Gasteiger partial charge in [0.15, 0.2) is 0 Å². The first-order valence-electron chi connectivity index (χ1n) is 8.48. The van der Waals surface area contributed by atoms with E-state index in [1.165, 1.54) is 0 Å². The van der Waals surface area contributed by atoms with Crippen molar-refractivity contribution in [3.8, 4) is 0 Å². The van der Waals surface area contributed by atoms with Crippen LogP contribution in [0.5, 0.6) is 0 Å². The summed E-state index contributed by atoms with van der Waals surface area (Å²) in [5.74, 6) is 0.121. The van der Waals surface area contributed by atoms with Crippen molar-refractivity contribution in [3.05, 3.63) is 60.0 Å². The minimum Gasteiger partial charge on any atom is -0.365 e. The average molecular weight is 336 g/mol. The third kappa shape index (κ3) is 3.03. The topological polar surface area (TPSA) is 72.2 Å². The van der Waals surface area contributed by atoms with Crippen molar-refractivity contribution in [1.29, 1.82) is 0 Å². The predicted molar refractivity (Wildman–Crippen MR) is 95.3 cm³/mol. The van der Waals surface area contributed by atoms with E-state index >= 15 is 0 Å². The maximum atomic E-state index is 12.8. The molecule has 1 aliphatic rings. The van der Waals surface area contributed by atoms with E-state index in [-0.39, 0.29) is 11.8 Å². The minimum atomic E-state index is 0.0221. The van der Waals surface area contributed by atoms with Crippen molar-refractivity contribution in [2.24, 2.45) is 0 Å². The maximum absolute atomic E-state index is 12.8. The van der Waals surface area contributed by atoms with Crippen LogP contribution in [0.15, 0.2) is 48.8 Å². The molecule has 2 amide bonds. The van der Waals surface area contributed by atoms with Crippen LogP contribution >= 0.6 is 0 Å². The SMILES string of the molecule is O=C(Cc1ccc[nH]1)N1CCN(C(=O)c2c[nH]c3ccccc23)CC1. The highest BCUT2D eigenvalue weighted by atomic mass is 16.2. The van der Waals surface area contributed by atoms with Gasteiger partial charge in [0.2, 0.25) is 5.91 Å². The highest BCUT2D eigenvalue weighted by molar-refractivity contribution is 6.06. The Hall–Kier alpha value is -3.02. The Morgan fingerprint density at radius 2 is 1.68 bits per heavy atom. The van der Waals surface area contributed by atoms with E-state index < -0.39 is 0 Å². The van der Waals surface area contributed by atoms with Gasteiger partial charge in [-0.2, -0.15) is 0 Å². The Bertz CT molecular complexity index is 889. The number of aromatic nitrogens is 2. The summed E-state index contributed by atoms with van der Waals surface area (Å²) in [6.45, 7) is 2.28. The van der Waals surface area contributed by atoms with Gasteiger partial charge in [-0.15, -0.1) is 0 Å². The summed E-state index contributed by atoms with van der Waals surface area (Å²) in [5.41, 5.74) is 2.58. The molecule has 2 N–H and O–H groups in total. The quantitative estimate of drug-likeness (QED) is 0.768. The van der Waals surface area contributed by atoms with Crippen molar-refractivity contribution >= 4 is 22.7 Å². The molecule has 0 radical (unpaired) electrons. The summed E-state index contributed by atoms with van der Waals surface area (Å²) < 4.78 is 0. The summed E-state index contributed by atoms with van der Waals surface area (Å²) in [6, 6.07) is 11.6. The molecule has 0 unspecified atom stereocenters. The predicted octanol–water partition coefficient (Wildman–Crippen LogP) is 2.02. The van der Waals surface area contributed by atoms with Crippen LogP contribution < -0.4 is 0 Å². The Kier molecular flexibility index (Phi) is 4.01. The second kappa shape index (κ2) is 6.47. The van der Waals surface area contributed by atoms with Crippen molar-refractivity contribution in [2.75, 3.05) is 26.2 Å². The molecule has 1 aliphatic heterocycles. The van der Waals surface area contributed by atoms with Crippen LogP contribution in [-0.4, -0.2) is 57.8 Å². The fourth-order valence-corrected chi connectivity index (χ4v) is 3.33. The number of benzene rings is 1. The highest BCUT2D eigenvalue weighted by Gasteiger charge is 2.26. The molecule has 0 atom stereocenters. The van der Waals surface area contributed by atoms with Gasteiger partial charge in [-0.3, -0.25) is 9.59 Å². The first-order chi connectivity index (χ1) is 12.2. The lowest BCUT2D eigenvalue weighted by molar-refractivity contribution is -0.132. The van der Waals surface area contributed by atoms with Crippen LogP contribution in [0.1, 0.15) is 16.1 Å². The molecular formula is C19H20N4O2. The van der Waals surface area contributed by atoms with Crippen LogP contribution in [0.3, 0.4) is 0 Å². The van der Waals surface area contributed by atoms with E-state index in [1.54, 1.807) is 6.20 Å². The van der Waals surface area contributed by atoms with Crippen LogP contribution in [0.4, 0.5) is 0 Å². The second-order valence-corrected chi connectivity index (χ2v) is 6.29. The van der Waals surface area contributed by atoms with Crippen LogP contribution in [0.25, 0.3) is 10.9 Å². The smallest absolute Gasteiger partial charge is 0.256 e. The van der Waals surface area contributed by atoms with Crippen LogP contribution in [0, 0.1) is 0 Å². The third-order valence-corrected chi connectivity index (χ3v) is 4.74. The fraction of sp³-hybridized carbons (Fsp3) is 0.263. The van der Waals surface area contributed by atoms with Gasteiger partial charge in [-0.1, -0.05) is 18.2 Å². The highest BCUT2D eigenvalue weighted by Crippen LogP contribution is 2.20. The zero-order valence-electron chi connectivity index (χ0n) is 13.9. The van der Waals surface area contributed by atoms with Crippen molar-refractivity contribution in [1.82, 2.24) is 19.8 Å². The molecule has 3 heterocycles. The van der Waals surface area contributed by atoms with Crippen molar-refractivity contribution < 1.29 is 9.59 Å². The summed E-state index contributed by atoms with van der Waals surface area (Å²) in [4.78, 5) is 35.0. The summed E-state index contributed by atoms with van der Waals surface area (Å²) >= 11 is 0. The van der Waals surface area contributed by atoms with Gasteiger partial charge in [0.1, 0.15) is 0 Å². The number of H-pyrrole nitrogens is 2. The monoisotopic (exact) mass is 336 g/mol. The number of carbonyl (C=O) groups excluding carboxylic acids is 2. The van der Waals surface area contributed by atoms with E-state index in [1.807, 2.05) is 52.4 Å². The fourth-order valence-electron chi connectivity index (χ4n) is 3.33. The van der Waals surface area contributed by atoms with Crippen LogP contribution in [0.2, 0.25) is 0 Å². The Morgan fingerprint density at radius 3 is 2.44 bits per heavy atom. The number of fused-ring (bicyclic) bond motifs is 1. The molecule has 4 rings (SSSR count). The van der Waals surface area contributed by atoms with Gasteiger partial charge < -0.3 is 19.8 Å². The second-order valence-electron chi connectivity index (χ2n) is 6.29. The number of hydrogen-bond donors (Lipinski definition) is 2. The van der Waals surface area contributed by atoms with E-state index in [2.05, 4.69) is 9.97 Å². The summed E-state index contributed by atoms with van der Waals surface area (Å²) in [7, 11) is 0. The molecule has 0 spiro atoms. The van der Waals surface area contributed by atoms with Crippen LogP contribution in [-0.2, 0) is 11.2 Å². The molecule has 1 aromatic carbocycles. The number of rotatable bonds is 3. The lowest BCUT2D eigenvalue weighted by Crippen LogP contribution is -2.51. The summed E-state index contributed by atoms with van der Waals surface area (Å²) in [5, 5.41) is 0.942. The van der Waals surface area contributed by atoms with Gasteiger partial charge in [0, 0.05) is 55.2 Å². The van der Waals surface area contributed by atoms with E-state index in [0.29, 0.717) is 38.2 Å². The number of hydrogen-bond acceptors (Lipinski definition) is 2. The molecule has 2 aromatic heterocycles. The molecule has 25 heavy (non-hydrogen) atoms. The largest absolute Gasteiger partial charge is 0.365 e. The molecule has 1 fully saturated rings. The average Bonchev–Trinajstić information content (AvgIpc) is 3.31. The third-order valence-electron chi connectivity index (χ3n) is 4.74. The van der Waals surface area contributed by atoms with E-state index in [9.17, 15) is 9.59 Å². The number of carbonyl (C=O) groups is 2. The molecular weight excluding hydrogens is 316 g/mol. The van der Waals surface area contributed by atoms with E-state index in [4.69, 9.17) is 0 Å². The molecule has 6 nitrogen and oxygen atoms in total. The van der Waals surface area contributed by atoms with E-state index in [0.717, 1.165) is 16.6 Å². The van der Waals surface area contributed by atoms with Gasteiger partial charge in [-0.05, 0) is 18.2 Å². The normalized spacial score (nSPS) is 14.9. The molecule has 0 bridgehead atoms. The number of amides is 2. The Balaban J connectivity index is 1.40. The van der Waals surface area contributed by atoms with Crippen molar-refractivity contribution in [3.63, 3.8) is 0 Å². The Morgan fingerprint density at radius 1 is 0.920 bits per heavy atom. The lowest BCUT2D eigenvalue weighted by atomic mass is 10.1. The molecule has 128 valence electrons. The van der Waals surface area contributed by atoms with Gasteiger partial charge >= 0.3 is 0 Å². The molecule has 6 heteroatoms. The number of aromatic amines is 2. The van der Waals surface area contributed by atoms with Crippen molar-refractivity contribution in [2.45, 2.75) is 6.42 Å². The zero-order valence-corrected chi connectivity index (χ0v) is 13.9.